The molecule has 2 saturated carbocycles. The van der Waals surface area contributed by atoms with Crippen LogP contribution in [-0.4, -0.2) is 29.5 Å². The summed E-state index contributed by atoms with van der Waals surface area (Å²) in [6, 6.07) is 5.43. The third-order valence-corrected chi connectivity index (χ3v) is 6.30. The molecule has 1 aromatic carbocycles. The fourth-order valence-electron chi connectivity index (χ4n) is 4.55. The molecule has 3 aliphatic rings. The average Bonchev–Trinajstić information content (AvgIpc) is 3.38. The van der Waals surface area contributed by atoms with E-state index in [0.29, 0.717) is 43.8 Å². The molecule has 0 atom stereocenters. The molecular formula is C19H22F3NO3. The van der Waals surface area contributed by atoms with Gasteiger partial charge in [-0.25, -0.2) is 0 Å². The van der Waals surface area contributed by atoms with Gasteiger partial charge in [-0.2, -0.15) is 0 Å². The van der Waals surface area contributed by atoms with Gasteiger partial charge in [0.05, 0.1) is 11.0 Å². The molecule has 1 aromatic rings. The largest absolute Gasteiger partial charge is 0.573 e. The number of aliphatic hydroxyl groups is 1. The van der Waals surface area contributed by atoms with Gasteiger partial charge in [0, 0.05) is 12.2 Å². The quantitative estimate of drug-likeness (QED) is 0.875. The number of anilines is 1. The number of carbonyl (C=O) groups excluding carboxylic acids is 1. The predicted octanol–water partition coefficient (Wildman–Crippen LogP) is 4.02. The molecule has 1 spiro atoms. The van der Waals surface area contributed by atoms with E-state index >= 15 is 0 Å². The minimum absolute atomic E-state index is 0.0276. The Morgan fingerprint density at radius 1 is 1.04 bits per heavy atom. The summed E-state index contributed by atoms with van der Waals surface area (Å²) in [5.41, 5.74) is -0.443. The molecule has 1 aliphatic heterocycles. The molecule has 1 heterocycles. The molecule has 0 bridgehead atoms. The average molecular weight is 369 g/mol. The first kappa shape index (κ1) is 17.6. The van der Waals surface area contributed by atoms with Gasteiger partial charge in [-0.15, -0.1) is 13.2 Å². The highest BCUT2D eigenvalue weighted by atomic mass is 19.4. The third kappa shape index (κ3) is 3.17. The molecule has 7 heteroatoms. The first-order valence-electron chi connectivity index (χ1n) is 9.11. The van der Waals surface area contributed by atoms with Crippen LogP contribution in [0.15, 0.2) is 24.3 Å². The van der Waals surface area contributed by atoms with Crippen LogP contribution in [0.1, 0.15) is 44.9 Å². The van der Waals surface area contributed by atoms with Crippen LogP contribution in [0.25, 0.3) is 0 Å². The second-order valence-corrected chi connectivity index (χ2v) is 7.91. The van der Waals surface area contributed by atoms with Crippen LogP contribution in [0, 0.1) is 11.3 Å². The fraction of sp³-hybridized carbons (Fsp3) is 0.632. The minimum atomic E-state index is -4.73. The zero-order valence-electron chi connectivity index (χ0n) is 14.4. The van der Waals surface area contributed by atoms with Crippen molar-refractivity contribution in [2.45, 2.75) is 56.9 Å². The van der Waals surface area contributed by atoms with Gasteiger partial charge in [0.2, 0.25) is 5.91 Å². The molecule has 4 nitrogen and oxygen atoms in total. The molecule has 0 unspecified atom stereocenters. The van der Waals surface area contributed by atoms with Crippen LogP contribution < -0.4 is 9.64 Å². The predicted molar refractivity (Wildman–Crippen MR) is 88.7 cm³/mol. The molecule has 2 aliphatic carbocycles. The van der Waals surface area contributed by atoms with Crippen LogP contribution in [-0.2, 0) is 4.79 Å². The molecule has 26 heavy (non-hydrogen) atoms. The molecular weight excluding hydrogens is 347 g/mol. The van der Waals surface area contributed by atoms with Crippen LogP contribution in [0.2, 0.25) is 0 Å². The normalized spacial score (nSPS) is 32.3. The zero-order valence-corrected chi connectivity index (χ0v) is 14.4. The Morgan fingerprint density at radius 2 is 1.65 bits per heavy atom. The number of benzene rings is 1. The van der Waals surface area contributed by atoms with Gasteiger partial charge in [-0.05, 0) is 75.1 Å². The summed E-state index contributed by atoms with van der Waals surface area (Å²) in [5, 5.41) is 10.7. The Bertz CT molecular complexity index is 689. The summed E-state index contributed by atoms with van der Waals surface area (Å²) in [5.74, 6) is 0.128. The number of nitrogens with zero attached hydrogens (tertiary/aromatic N) is 1. The lowest BCUT2D eigenvalue weighted by atomic mass is 9.66. The number of amides is 1. The molecule has 0 radical (unpaired) electrons. The standard InChI is InChI=1S/C19H22F3NO3/c20-19(21,22)26-15-5-3-14(4-6-15)23-12-11-17(16(23)24)7-9-18(25,10-8-17)13-1-2-13/h3-6,13,25H,1-2,7-12H2. The van der Waals surface area contributed by atoms with E-state index in [2.05, 4.69) is 4.74 Å². The van der Waals surface area contributed by atoms with E-state index in [4.69, 9.17) is 0 Å². The van der Waals surface area contributed by atoms with E-state index in [-0.39, 0.29) is 11.7 Å². The summed E-state index contributed by atoms with van der Waals surface area (Å²) in [6.45, 7) is 0.556. The van der Waals surface area contributed by atoms with Crippen molar-refractivity contribution in [3.8, 4) is 5.75 Å². The van der Waals surface area contributed by atoms with Crippen LogP contribution in [0.4, 0.5) is 18.9 Å². The van der Waals surface area contributed by atoms with Gasteiger partial charge in [-0.3, -0.25) is 4.79 Å². The van der Waals surface area contributed by atoms with Gasteiger partial charge in [0.25, 0.3) is 0 Å². The monoisotopic (exact) mass is 369 g/mol. The number of ether oxygens (including phenoxy) is 1. The van der Waals surface area contributed by atoms with E-state index in [1.54, 1.807) is 4.90 Å². The maximum absolute atomic E-state index is 13.0. The van der Waals surface area contributed by atoms with E-state index in [1.165, 1.54) is 24.3 Å². The van der Waals surface area contributed by atoms with Crippen molar-refractivity contribution < 1.29 is 27.8 Å². The number of hydrogen-bond donors (Lipinski definition) is 1. The lowest BCUT2D eigenvalue weighted by molar-refractivity contribution is -0.274. The van der Waals surface area contributed by atoms with Crippen molar-refractivity contribution in [3.05, 3.63) is 24.3 Å². The van der Waals surface area contributed by atoms with Crippen molar-refractivity contribution >= 4 is 11.6 Å². The first-order valence-corrected chi connectivity index (χ1v) is 9.11. The van der Waals surface area contributed by atoms with Crippen molar-refractivity contribution in [2.24, 2.45) is 11.3 Å². The lowest BCUT2D eigenvalue weighted by Gasteiger charge is -2.41. The molecule has 4 rings (SSSR count). The second kappa shape index (κ2) is 5.87. The van der Waals surface area contributed by atoms with Crippen LogP contribution in [0.3, 0.4) is 0 Å². The van der Waals surface area contributed by atoms with Crippen molar-refractivity contribution in [1.82, 2.24) is 0 Å². The minimum Gasteiger partial charge on any atom is -0.406 e. The van der Waals surface area contributed by atoms with Gasteiger partial charge in [0.15, 0.2) is 0 Å². The maximum Gasteiger partial charge on any atom is 0.573 e. The number of halogens is 3. The molecule has 0 aromatic heterocycles. The number of rotatable bonds is 3. The Kier molecular flexibility index (Phi) is 3.99. The zero-order chi connectivity index (χ0) is 18.6. The second-order valence-electron chi connectivity index (χ2n) is 7.91. The highest BCUT2D eigenvalue weighted by molar-refractivity contribution is 6.00. The Morgan fingerprint density at radius 3 is 2.19 bits per heavy atom. The highest BCUT2D eigenvalue weighted by Gasteiger charge is 2.54. The fourth-order valence-corrected chi connectivity index (χ4v) is 4.55. The van der Waals surface area contributed by atoms with E-state index < -0.39 is 17.4 Å². The van der Waals surface area contributed by atoms with Crippen LogP contribution in [0.5, 0.6) is 5.75 Å². The Balaban J connectivity index is 1.44. The van der Waals surface area contributed by atoms with Crippen molar-refractivity contribution in [1.29, 1.82) is 0 Å². The number of hydrogen-bond acceptors (Lipinski definition) is 3. The topological polar surface area (TPSA) is 49.8 Å². The van der Waals surface area contributed by atoms with E-state index in [9.17, 15) is 23.1 Å². The highest BCUT2D eigenvalue weighted by Crippen LogP contribution is 2.54. The number of carbonyl (C=O) groups is 1. The SMILES string of the molecule is O=C1N(c2ccc(OC(F)(F)F)cc2)CCC12CCC(O)(C1CC1)CC2. The maximum atomic E-state index is 13.0. The Hall–Kier alpha value is -1.76. The van der Waals surface area contributed by atoms with E-state index in [0.717, 1.165) is 19.3 Å². The van der Waals surface area contributed by atoms with Gasteiger partial charge in [-0.1, -0.05) is 0 Å². The summed E-state index contributed by atoms with van der Waals surface area (Å²) >= 11 is 0. The van der Waals surface area contributed by atoms with Crippen molar-refractivity contribution in [3.63, 3.8) is 0 Å². The third-order valence-electron chi connectivity index (χ3n) is 6.30. The first-order chi connectivity index (χ1) is 12.2. The van der Waals surface area contributed by atoms with E-state index in [1.807, 2.05) is 0 Å². The molecule has 1 N–H and O–H groups in total. The van der Waals surface area contributed by atoms with Crippen LogP contribution >= 0.6 is 0 Å². The smallest absolute Gasteiger partial charge is 0.406 e. The molecule has 3 fully saturated rings. The lowest BCUT2D eigenvalue weighted by Crippen LogP contribution is -2.44. The summed E-state index contributed by atoms with van der Waals surface area (Å²) in [7, 11) is 0. The van der Waals surface area contributed by atoms with Gasteiger partial charge in [0.1, 0.15) is 5.75 Å². The van der Waals surface area contributed by atoms with Crippen molar-refractivity contribution in [2.75, 3.05) is 11.4 Å². The van der Waals surface area contributed by atoms with Gasteiger partial charge < -0.3 is 14.7 Å². The summed E-state index contributed by atoms with van der Waals surface area (Å²) in [4.78, 5) is 14.7. The summed E-state index contributed by atoms with van der Waals surface area (Å²) < 4.78 is 40.7. The molecule has 1 amide bonds. The van der Waals surface area contributed by atoms with Gasteiger partial charge >= 0.3 is 6.36 Å². The summed E-state index contributed by atoms with van der Waals surface area (Å²) in [6.07, 6.45) is 0.856. The molecule has 142 valence electrons. The Labute approximate surface area is 149 Å². The molecule has 1 saturated heterocycles. The number of alkyl halides is 3.